The van der Waals surface area contributed by atoms with Gasteiger partial charge in [-0.25, -0.2) is 10.2 Å². The number of carbonyl (C=O) groups is 1. The molecule has 30 heavy (non-hydrogen) atoms. The summed E-state index contributed by atoms with van der Waals surface area (Å²) in [5.41, 5.74) is 4.51. The third-order valence-electron chi connectivity index (χ3n) is 7.48. The maximum Gasteiger partial charge on any atom is 0.419 e. The number of nitrogens with zero attached hydrogens (tertiary/aromatic N) is 3. The van der Waals surface area contributed by atoms with Crippen molar-refractivity contribution in [3.05, 3.63) is 38.9 Å². The molecule has 2 aromatic rings. The lowest BCUT2D eigenvalue weighted by Crippen LogP contribution is -2.34. The Labute approximate surface area is 173 Å². The van der Waals surface area contributed by atoms with E-state index in [1.54, 1.807) is 0 Å². The summed E-state index contributed by atoms with van der Waals surface area (Å²) in [6, 6.07) is 4.05. The fourth-order valence-electron chi connectivity index (χ4n) is 5.06. The molecular weight excluding hydrogens is 388 g/mol. The summed E-state index contributed by atoms with van der Waals surface area (Å²) in [5.74, 6) is -0.165. The number of hydrogen-bond donors (Lipinski definition) is 1. The minimum absolute atomic E-state index is 0.0383. The van der Waals surface area contributed by atoms with Crippen molar-refractivity contribution in [2.45, 2.75) is 59.4 Å². The number of nitrogens with one attached hydrogen (secondary N) is 1. The summed E-state index contributed by atoms with van der Waals surface area (Å²) in [7, 11) is 0. The van der Waals surface area contributed by atoms with Gasteiger partial charge < -0.3 is 4.42 Å². The van der Waals surface area contributed by atoms with E-state index in [-0.39, 0.29) is 41.0 Å². The first-order valence-corrected chi connectivity index (χ1v) is 10.3. The zero-order chi connectivity index (χ0) is 21.7. The van der Waals surface area contributed by atoms with E-state index in [1.165, 1.54) is 29.2 Å². The SMILES string of the molecule is CC1(C)[C@H]2CC[C@]1(C)/C(=N/NC(=O)CCCn1c(=O)oc3cc([N+](=O)[O-])ccc31)C2. The van der Waals surface area contributed by atoms with Gasteiger partial charge in [-0.15, -0.1) is 0 Å². The fraction of sp³-hybridized carbons (Fsp3) is 0.571. The molecule has 1 aromatic heterocycles. The monoisotopic (exact) mass is 414 g/mol. The Bertz CT molecular complexity index is 1110. The molecule has 2 saturated carbocycles. The number of aryl methyl sites for hydroxylation is 1. The van der Waals surface area contributed by atoms with E-state index < -0.39 is 10.7 Å². The Morgan fingerprint density at radius 2 is 2.17 bits per heavy atom. The van der Waals surface area contributed by atoms with Gasteiger partial charge in [0.25, 0.3) is 5.69 Å². The summed E-state index contributed by atoms with van der Waals surface area (Å²) in [6.07, 6.45) is 3.90. The lowest BCUT2D eigenvalue weighted by atomic mass is 9.70. The lowest BCUT2D eigenvalue weighted by molar-refractivity contribution is -0.384. The Morgan fingerprint density at radius 1 is 1.40 bits per heavy atom. The van der Waals surface area contributed by atoms with E-state index in [0.717, 1.165) is 18.6 Å². The van der Waals surface area contributed by atoms with E-state index in [0.29, 0.717) is 17.9 Å². The van der Waals surface area contributed by atoms with E-state index in [1.807, 2.05) is 0 Å². The highest BCUT2D eigenvalue weighted by Gasteiger charge is 2.60. The second-order valence-corrected chi connectivity index (χ2v) is 9.12. The number of hydrogen-bond acceptors (Lipinski definition) is 6. The molecule has 9 nitrogen and oxygen atoms in total. The van der Waals surface area contributed by atoms with Crippen molar-refractivity contribution in [2.24, 2.45) is 21.8 Å². The number of benzene rings is 1. The molecule has 1 heterocycles. The molecule has 0 aliphatic heterocycles. The zero-order valence-corrected chi connectivity index (χ0v) is 17.4. The predicted octanol–water partition coefficient (Wildman–Crippen LogP) is 3.60. The number of aromatic nitrogens is 1. The minimum atomic E-state index is -0.594. The first-order chi connectivity index (χ1) is 14.1. The number of carbonyl (C=O) groups excluding carboxylic acids is 1. The summed E-state index contributed by atoms with van der Waals surface area (Å²) in [4.78, 5) is 34.7. The van der Waals surface area contributed by atoms with Gasteiger partial charge in [-0.1, -0.05) is 20.8 Å². The van der Waals surface area contributed by atoms with Gasteiger partial charge in [0, 0.05) is 30.2 Å². The quantitative estimate of drug-likeness (QED) is 0.572. The largest absolute Gasteiger partial charge is 0.419 e. The molecule has 4 rings (SSSR count). The molecule has 0 spiro atoms. The Kier molecular flexibility index (Phi) is 4.79. The number of non-ortho nitro benzene ring substituents is 1. The van der Waals surface area contributed by atoms with Gasteiger partial charge in [-0.05, 0) is 43.1 Å². The average Bonchev–Trinajstić information content (AvgIpc) is 3.19. The maximum absolute atomic E-state index is 12.3. The van der Waals surface area contributed by atoms with Crippen molar-refractivity contribution >= 4 is 28.4 Å². The highest BCUT2D eigenvalue weighted by molar-refractivity contribution is 5.95. The zero-order valence-electron chi connectivity index (χ0n) is 17.4. The van der Waals surface area contributed by atoms with Crippen molar-refractivity contribution in [1.29, 1.82) is 0 Å². The Morgan fingerprint density at radius 3 is 2.80 bits per heavy atom. The normalized spacial score (nSPS) is 25.8. The Balaban J connectivity index is 1.36. The smallest absolute Gasteiger partial charge is 0.407 e. The van der Waals surface area contributed by atoms with Crippen LogP contribution in [-0.2, 0) is 11.3 Å². The molecule has 2 aliphatic carbocycles. The number of nitro benzene ring substituents is 1. The number of hydrazone groups is 1. The first kappa shape index (κ1) is 20.3. The predicted molar refractivity (Wildman–Crippen MR) is 111 cm³/mol. The van der Waals surface area contributed by atoms with Crippen LogP contribution in [0.25, 0.3) is 11.1 Å². The molecule has 160 valence electrons. The minimum Gasteiger partial charge on any atom is -0.407 e. The molecule has 9 heteroatoms. The van der Waals surface area contributed by atoms with E-state index in [9.17, 15) is 19.7 Å². The van der Waals surface area contributed by atoms with Crippen LogP contribution >= 0.6 is 0 Å². The lowest BCUT2D eigenvalue weighted by Gasteiger charge is -2.34. The first-order valence-electron chi connectivity index (χ1n) is 10.3. The number of nitro groups is 1. The Hall–Kier alpha value is -2.97. The van der Waals surface area contributed by atoms with Crippen molar-refractivity contribution in [1.82, 2.24) is 9.99 Å². The van der Waals surface area contributed by atoms with Crippen LogP contribution in [0, 0.1) is 26.9 Å². The van der Waals surface area contributed by atoms with Crippen LogP contribution in [0.4, 0.5) is 5.69 Å². The topological polar surface area (TPSA) is 120 Å². The molecule has 0 unspecified atom stereocenters. The van der Waals surface area contributed by atoms with Gasteiger partial charge in [0.1, 0.15) is 0 Å². The fourth-order valence-corrected chi connectivity index (χ4v) is 5.06. The summed E-state index contributed by atoms with van der Waals surface area (Å²) >= 11 is 0. The van der Waals surface area contributed by atoms with Gasteiger partial charge >= 0.3 is 5.76 Å². The molecule has 2 fully saturated rings. The van der Waals surface area contributed by atoms with E-state index in [4.69, 9.17) is 4.42 Å². The summed E-state index contributed by atoms with van der Waals surface area (Å²) < 4.78 is 6.49. The van der Waals surface area contributed by atoms with Crippen molar-refractivity contribution in [2.75, 3.05) is 0 Å². The van der Waals surface area contributed by atoms with Gasteiger partial charge in [-0.3, -0.25) is 19.5 Å². The molecular formula is C21H26N4O5. The van der Waals surface area contributed by atoms with Gasteiger partial charge in [-0.2, -0.15) is 5.10 Å². The van der Waals surface area contributed by atoms with Crippen molar-refractivity contribution < 1.29 is 14.1 Å². The molecule has 0 radical (unpaired) electrons. The molecule has 0 saturated heterocycles. The van der Waals surface area contributed by atoms with Crippen LogP contribution in [0.3, 0.4) is 0 Å². The number of fused-ring (bicyclic) bond motifs is 3. The van der Waals surface area contributed by atoms with Crippen LogP contribution in [0.1, 0.15) is 52.9 Å². The maximum atomic E-state index is 12.3. The van der Waals surface area contributed by atoms with Crippen molar-refractivity contribution in [3.63, 3.8) is 0 Å². The number of amides is 1. The number of rotatable bonds is 6. The number of oxazole rings is 1. The average molecular weight is 414 g/mol. The van der Waals surface area contributed by atoms with Gasteiger partial charge in [0.15, 0.2) is 5.58 Å². The highest BCUT2D eigenvalue weighted by Crippen LogP contribution is 2.63. The second-order valence-electron chi connectivity index (χ2n) is 9.12. The molecule has 2 atom stereocenters. The second kappa shape index (κ2) is 7.07. The highest BCUT2D eigenvalue weighted by atomic mass is 16.6. The van der Waals surface area contributed by atoms with Crippen LogP contribution in [0.2, 0.25) is 0 Å². The standard InChI is InChI=1S/C21H26N4O5/c1-20(2)13-8-9-21(20,3)17(11-13)22-23-18(26)5-4-10-24-15-7-6-14(25(28)29)12-16(15)30-19(24)27/h6-7,12-13H,4-5,8-11H2,1-3H3,(H,23,26)/b22-17+/t13-,21+/m0/s1. The van der Waals surface area contributed by atoms with Crippen molar-refractivity contribution in [3.8, 4) is 0 Å². The van der Waals surface area contributed by atoms with Crippen LogP contribution in [0.15, 0.2) is 32.5 Å². The third kappa shape index (κ3) is 3.12. The van der Waals surface area contributed by atoms with Gasteiger partial charge in [0.2, 0.25) is 5.91 Å². The molecule has 1 aromatic carbocycles. The molecule has 2 aliphatic rings. The third-order valence-corrected chi connectivity index (χ3v) is 7.48. The van der Waals surface area contributed by atoms with Crippen LogP contribution in [-0.4, -0.2) is 21.1 Å². The summed E-state index contributed by atoms with van der Waals surface area (Å²) in [6.45, 7) is 7.10. The van der Waals surface area contributed by atoms with E-state index >= 15 is 0 Å². The molecule has 2 bridgehead atoms. The summed E-state index contributed by atoms with van der Waals surface area (Å²) in [5, 5.41) is 15.3. The van der Waals surface area contributed by atoms with Crippen LogP contribution < -0.4 is 11.2 Å². The van der Waals surface area contributed by atoms with Crippen LogP contribution in [0.5, 0.6) is 0 Å². The van der Waals surface area contributed by atoms with E-state index in [2.05, 4.69) is 31.3 Å². The molecule has 1 amide bonds. The molecule has 1 N–H and O–H groups in total. The van der Waals surface area contributed by atoms with Gasteiger partial charge in [0.05, 0.1) is 16.5 Å².